The van der Waals surface area contributed by atoms with Gasteiger partial charge in [-0.2, -0.15) is 0 Å². The van der Waals surface area contributed by atoms with E-state index in [9.17, 15) is 4.79 Å². The molecule has 5 heterocycles. The third-order valence-electron chi connectivity index (χ3n) is 6.44. The van der Waals surface area contributed by atoms with E-state index >= 15 is 0 Å². The van der Waals surface area contributed by atoms with Crippen molar-refractivity contribution in [2.75, 3.05) is 37.7 Å². The van der Waals surface area contributed by atoms with E-state index in [-0.39, 0.29) is 5.91 Å². The maximum atomic E-state index is 13.2. The van der Waals surface area contributed by atoms with Crippen LogP contribution >= 0.6 is 0 Å². The molecule has 0 aromatic carbocycles. The lowest BCUT2D eigenvalue weighted by atomic mass is 10.0. The minimum atomic E-state index is -0.0287. The van der Waals surface area contributed by atoms with Gasteiger partial charge in [-0.05, 0) is 39.0 Å². The maximum Gasteiger partial charge on any atom is 0.257 e. The Kier molecular flexibility index (Phi) is 5.41. The average molecular weight is 412 g/mol. The standard InChI is InChI=1S/C22H29N5O3/c1-15-17(13-23-22(24-15)26-8-3-2-4-9-26)21(28)27-10-5-19-18(14-27)25-20(30-19)16-6-11-29-12-7-16/h13,16H,2-12,14H2,1H3. The van der Waals surface area contributed by atoms with Gasteiger partial charge in [0.05, 0.1) is 17.8 Å². The van der Waals surface area contributed by atoms with Crippen LogP contribution in [0.5, 0.6) is 0 Å². The highest BCUT2D eigenvalue weighted by molar-refractivity contribution is 5.95. The second kappa shape index (κ2) is 8.34. The van der Waals surface area contributed by atoms with Crippen LogP contribution in [0.15, 0.2) is 10.6 Å². The molecule has 0 bridgehead atoms. The number of oxazole rings is 1. The number of anilines is 1. The maximum absolute atomic E-state index is 13.2. The van der Waals surface area contributed by atoms with Crippen LogP contribution in [0.25, 0.3) is 0 Å². The van der Waals surface area contributed by atoms with Crippen LogP contribution in [-0.2, 0) is 17.7 Å². The van der Waals surface area contributed by atoms with Crippen LogP contribution < -0.4 is 4.90 Å². The lowest BCUT2D eigenvalue weighted by molar-refractivity contribution is 0.0724. The van der Waals surface area contributed by atoms with Crippen molar-refractivity contribution < 1.29 is 13.9 Å². The molecule has 30 heavy (non-hydrogen) atoms. The van der Waals surface area contributed by atoms with Crippen molar-refractivity contribution in [2.45, 2.75) is 57.9 Å². The molecule has 0 saturated carbocycles. The Labute approximate surface area is 176 Å². The summed E-state index contributed by atoms with van der Waals surface area (Å²) in [5.41, 5.74) is 2.20. The van der Waals surface area contributed by atoms with Crippen LogP contribution in [-0.4, -0.2) is 58.6 Å². The molecule has 0 radical (unpaired) electrons. The molecule has 0 N–H and O–H groups in total. The summed E-state index contributed by atoms with van der Waals surface area (Å²) in [6, 6.07) is 0. The molecule has 0 atom stereocenters. The molecule has 3 aliphatic heterocycles. The Morgan fingerprint density at radius 2 is 1.90 bits per heavy atom. The normalized spacial score (nSPS) is 20.3. The third kappa shape index (κ3) is 3.80. The zero-order valence-corrected chi connectivity index (χ0v) is 17.6. The van der Waals surface area contributed by atoms with Crippen molar-refractivity contribution >= 4 is 11.9 Å². The van der Waals surface area contributed by atoms with Gasteiger partial charge in [-0.15, -0.1) is 0 Å². The zero-order chi connectivity index (χ0) is 20.5. The summed E-state index contributed by atoms with van der Waals surface area (Å²) in [6.45, 7) is 6.50. The first-order chi connectivity index (χ1) is 14.7. The lowest BCUT2D eigenvalue weighted by Crippen LogP contribution is -2.36. The van der Waals surface area contributed by atoms with Crippen molar-refractivity contribution in [3.8, 4) is 0 Å². The number of fused-ring (bicyclic) bond motifs is 1. The molecule has 0 aliphatic carbocycles. The first-order valence-corrected chi connectivity index (χ1v) is 11.1. The highest BCUT2D eigenvalue weighted by Gasteiger charge is 2.30. The second-order valence-corrected chi connectivity index (χ2v) is 8.50. The largest absolute Gasteiger partial charge is 0.445 e. The monoisotopic (exact) mass is 411 g/mol. The number of nitrogens with zero attached hydrogens (tertiary/aromatic N) is 5. The summed E-state index contributed by atoms with van der Waals surface area (Å²) in [5.74, 6) is 2.77. The van der Waals surface area contributed by atoms with Gasteiger partial charge in [-0.25, -0.2) is 15.0 Å². The SMILES string of the molecule is Cc1nc(N2CCCCC2)ncc1C(=O)N1CCc2oc(C3CCOCC3)nc2C1. The van der Waals surface area contributed by atoms with E-state index in [1.807, 2.05) is 11.8 Å². The van der Waals surface area contributed by atoms with E-state index in [4.69, 9.17) is 14.1 Å². The van der Waals surface area contributed by atoms with E-state index in [1.54, 1.807) is 6.20 Å². The number of carbonyl (C=O) groups excluding carboxylic acids is 1. The van der Waals surface area contributed by atoms with Gasteiger partial charge in [0.1, 0.15) is 11.5 Å². The topological polar surface area (TPSA) is 84.6 Å². The molecule has 160 valence electrons. The van der Waals surface area contributed by atoms with Crippen molar-refractivity contribution in [1.29, 1.82) is 0 Å². The summed E-state index contributed by atoms with van der Waals surface area (Å²) < 4.78 is 11.5. The van der Waals surface area contributed by atoms with Crippen LogP contribution in [0.4, 0.5) is 5.95 Å². The van der Waals surface area contributed by atoms with E-state index in [2.05, 4.69) is 14.9 Å². The number of amides is 1. The fourth-order valence-electron chi connectivity index (χ4n) is 4.59. The average Bonchev–Trinajstić information content (AvgIpc) is 3.23. The van der Waals surface area contributed by atoms with Gasteiger partial charge >= 0.3 is 0 Å². The first kappa shape index (κ1) is 19.5. The number of aromatic nitrogens is 3. The number of carbonyl (C=O) groups is 1. The molecular formula is C22H29N5O3. The Balaban J connectivity index is 1.29. The van der Waals surface area contributed by atoms with E-state index in [0.717, 1.165) is 68.1 Å². The molecule has 0 unspecified atom stereocenters. The predicted octanol–water partition coefficient (Wildman–Crippen LogP) is 2.86. The zero-order valence-electron chi connectivity index (χ0n) is 17.6. The van der Waals surface area contributed by atoms with Crippen molar-refractivity contribution in [3.05, 3.63) is 34.8 Å². The number of aryl methyl sites for hydroxylation is 1. The first-order valence-electron chi connectivity index (χ1n) is 11.1. The molecule has 8 nitrogen and oxygen atoms in total. The fourth-order valence-corrected chi connectivity index (χ4v) is 4.59. The van der Waals surface area contributed by atoms with E-state index in [1.165, 1.54) is 19.3 Å². The van der Waals surface area contributed by atoms with Gasteiger partial charge in [0.25, 0.3) is 5.91 Å². The molecule has 2 saturated heterocycles. The van der Waals surface area contributed by atoms with Crippen molar-refractivity contribution in [2.24, 2.45) is 0 Å². The lowest BCUT2D eigenvalue weighted by Gasteiger charge is -2.28. The van der Waals surface area contributed by atoms with Crippen LogP contribution in [0, 0.1) is 6.92 Å². The Morgan fingerprint density at radius 1 is 1.10 bits per heavy atom. The number of piperidine rings is 1. The molecule has 8 heteroatoms. The van der Waals surface area contributed by atoms with Gasteiger partial charge in [0.2, 0.25) is 5.95 Å². The van der Waals surface area contributed by atoms with Gasteiger partial charge in [-0.1, -0.05) is 0 Å². The highest BCUT2D eigenvalue weighted by Crippen LogP contribution is 2.30. The third-order valence-corrected chi connectivity index (χ3v) is 6.44. The molecule has 2 aromatic heterocycles. The summed E-state index contributed by atoms with van der Waals surface area (Å²) >= 11 is 0. The molecule has 0 spiro atoms. The number of hydrogen-bond acceptors (Lipinski definition) is 7. The van der Waals surface area contributed by atoms with Gasteiger partial charge in [0, 0.05) is 51.4 Å². The fraction of sp³-hybridized carbons (Fsp3) is 0.636. The van der Waals surface area contributed by atoms with E-state index in [0.29, 0.717) is 31.0 Å². The molecule has 2 aromatic rings. The molecular weight excluding hydrogens is 382 g/mol. The van der Waals surface area contributed by atoms with Crippen molar-refractivity contribution in [3.63, 3.8) is 0 Å². The minimum absolute atomic E-state index is 0.0287. The number of ether oxygens (including phenoxy) is 1. The van der Waals surface area contributed by atoms with Crippen LogP contribution in [0.3, 0.4) is 0 Å². The second-order valence-electron chi connectivity index (χ2n) is 8.50. The number of rotatable bonds is 3. The van der Waals surface area contributed by atoms with Gasteiger partial charge in [0.15, 0.2) is 5.89 Å². The predicted molar refractivity (Wildman–Crippen MR) is 111 cm³/mol. The van der Waals surface area contributed by atoms with E-state index < -0.39 is 0 Å². The number of hydrogen-bond donors (Lipinski definition) is 0. The highest BCUT2D eigenvalue weighted by atomic mass is 16.5. The molecule has 5 rings (SSSR count). The van der Waals surface area contributed by atoms with Gasteiger partial charge < -0.3 is 19.0 Å². The molecule has 2 fully saturated rings. The summed E-state index contributed by atoms with van der Waals surface area (Å²) in [5, 5.41) is 0. The minimum Gasteiger partial charge on any atom is -0.445 e. The van der Waals surface area contributed by atoms with Crippen LogP contribution in [0.1, 0.15) is 71.4 Å². The summed E-state index contributed by atoms with van der Waals surface area (Å²) in [6.07, 6.45) is 7.90. The van der Waals surface area contributed by atoms with Crippen LogP contribution in [0.2, 0.25) is 0 Å². The Morgan fingerprint density at radius 3 is 2.67 bits per heavy atom. The van der Waals surface area contributed by atoms with Crippen molar-refractivity contribution in [1.82, 2.24) is 19.9 Å². The summed E-state index contributed by atoms with van der Waals surface area (Å²) in [4.78, 5) is 31.1. The Hall–Kier alpha value is -2.48. The Bertz CT molecular complexity index is 915. The molecule has 1 amide bonds. The molecule has 3 aliphatic rings. The quantitative estimate of drug-likeness (QED) is 0.768. The smallest absolute Gasteiger partial charge is 0.257 e. The summed E-state index contributed by atoms with van der Waals surface area (Å²) in [7, 11) is 0. The van der Waals surface area contributed by atoms with Gasteiger partial charge in [-0.3, -0.25) is 4.79 Å².